The number of amides is 1. The van der Waals surface area contributed by atoms with Gasteiger partial charge in [-0.05, 0) is 33.3 Å². The fourth-order valence-corrected chi connectivity index (χ4v) is 4.43. The Morgan fingerprint density at radius 1 is 1.47 bits per heavy atom. The molecule has 0 atom stereocenters. The highest BCUT2D eigenvalue weighted by Crippen LogP contribution is 2.28. The van der Waals surface area contributed by atoms with Crippen LogP contribution in [-0.2, 0) is 9.05 Å². The molecule has 0 aromatic carbocycles. The average molecular weight is 324 g/mol. The number of halogens is 1. The number of hydrogen-bond acceptors (Lipinski definition) is 4. The minimum atomic E-state index is -3.80. The number of carbonyl (C=O) groups excluding carboxylic acids is 1. The first kappa shape index (κ1) is 16.5. The summed E-state index contributed by atoms with van der Waals surface area (Å²) in [4.78, 5) is 13.0. The monoisotopic (exact) mass is 323 g/mol. The minimum Gasteiger partial charge on any atom is -0.346 e. The Labute approximate surface area is 122 Å². The third-order valence-electron chi connectivity index (χ3n) is 2.69. The van der Waals surface area contributed by atoms with Crippen molar-refractivity contribution in [3.63, 3.8) is 0 Å². The van der Waals surface area contributed by atoms with E-state index < -0.39 is 9.05 Å². The molecule has 1 heterocycles. The summed E-state index contributed by atoms with van der Waals surface area (Å²) in [6.07, 6.45) is 1.81. The van der Waals surface area contributed by atoms with Crippen LogP contribution >= 0.6 is 22.0 Å². The van der Waals surface area contributed by atoms with Gasteiger partial charge in [0.2, 0.25) is 0 Å². The van der Waals surface area contributed by atoms with Gasteiger partial charge >= 0.3 is 0 Å². The molecule has 0 aliphatic rings. The maximum atomic E-state index is 12.1. The van der Waals surface area contributed by atoms with Gasteiger partial charge in [-0.25, -0.2) is 8.42 Å². The zero-order valence-electron chi connectivity index (χ0n) is 11.4. The number of carbonyl (C=O) groups is 1. The highest BCUT2D eigenvalue weighted by Gasteiger charge is 2.24. The fourth-order valence-electron chi connectivity index (χ4n) is 1.88. The number of thiophene rings is 1. The summed E-state index contributed by atoms with van der Waals surface area (Å²) in [5, 5.41) is 2.90. The average Bonchev–Trinajstić information content (AvgIpc) is 2.58. The Kier molecular flexibility index (Phi) is 5.03. The van der Waals surface area contributed by atoms with Gasteiger partial charge in [0.1, 0.15) is 0 Å². The van der Waals surface area contributed by atoms with Crippen LogP contribution in [0.5, 0.6) is 0 Å². The molecule has 0 fully saturated rings. The molecule has 1 aromatic heterocycles. The topological polar surface area (TPSA) is 63.2 Å². The van der Waals surface area contributed by atoms with Gasteiger partial charge in [0, 0.05) is 21.1 Å². The molecule has 1 aromatic rings. The molecule has 4 nitrogen and oxygen atoms in total. The molecule has 1 N–H and O–H groups in total. The van der Waals surface area contributed by atoms with Crippen LogP contribution in [0.2, 0.25) is 0 Å². The number of aryl methyl sites for hydroxylation is 1. The highest BCUT2D eigenvalue weighted by molar-refractivity contribution is 8.13. The van der Waals surface area contributed by atoms with E-state index in [2.05, 4.69) is 5.32 Å². The van der Waals surface area contributed by atoms with Crippen molar-refractivity contribution in [2.45, 2.75) is 51.0 Å². The molecule has 0 radical (unpaired) electrons. The molecule has 108 valence electrons. The van der Waals surface area contributed by atoms with E-state index >= 15 is 0 Å². The van der Waals surface area contributed by atoms with Crippen LogP contribution in [0.3, 0.4) is 0 Å². The molecular weight excluding hydrogens is 306 g/mol. The van der Waals surface area contributed by atoms with Crippen molar-refractivity contribution in [2.75, 3.05) is 0 Å². The van der Waals surface area contributed by atoms with E-state index in [0.29, 0.717) is 9.75 Å². The number of rotatable bonds is 5. The summed E-state index contributed by atoms with van der Waals surface area (Å²) in [6.45, 7) is 7.55. The molecule has 0 saturated carbocycles. The predicted molar refractivity (Wildman–Crippen MR) is 78.5 cm³/mol. The summed E-state index contributed by atoms with van der Waals surface area (Å²) in [6, 6.07) is 1.33. The molecule has 7 heteroatoms. The third-order valence-corrected chi connectivity index (χ3v) is 5.31. The smallest absolute Gasteiger partial charge is 0.262 e. The van der Waals surface area contributed by atoms with Crippen molar-refractivity contribution >= 4 is 37.0 Å². The van der Waals surface area contributed by atoms with Gasteiger partial charge in [-0.1, -0.05) is 13.3 Å². The summed E-state index contributed by atoms with van der Waals surface area (Å²) >= 11 is 1.13. The molecule has 0 spiro atoms. The van der Waals surface area contributed by atoms with E-state index in [1.165, 1.54) is 6.07 Å². The molecule has 1 rings (SSSR count). The van der Waals surface area contributed by atoms with E-state index in [1.54, 1.807) is 6.92 Å². The van der Waals surface area contributed by atoms with Crippen LogP contribution in [0.25, 0.3) is 0 Å². The van der Waals surface area contributed by atoms with Crippen LogP contribution in [0.15, 0.2) is 11.0 Å². The lowest BCUT2D eigenvalue weighted by Gasteiger charge is -2.25. The Balaban J connectivity index is 2.97. The van der Waals surface area contributed by atoms with E-state index in [4.69, 9.17) is 10.7 Å². The Morgan fingerprint density at radius 2 is 2.05 bits per heavy atom. The predicted octanol–water partition coefficient (Wildman–Crippen LogP) is 3.29. The lowest BCUT2D eigenvalue weighted by molar-refractivity contribution is 0.0913. The first-order valence-electron chi connectivity index (χ1n) is 5.94. The van der Waals surface area contributed by atoms with Gasteiger partial charge in [-0.15, -0.1) is 11.3 Å². The molecule has 0 aliphatic carbocycles. The van der Waals surface area contributed by atoms with E-state index in [9.17, 15) is 13.2 Å². The second-order valence-corrected chi connectivity index (χ2v) is 8.85. The van der Waals surface area contributed by atoms with Crippen molar-refractivity contribution in [1.82, 2.24) is 5.32 Å². The summed E-state index contributed by atoms with van der Waals surface area (Å²) in [5.74, 6) is -0.266. The standard InChI is InChI=1S/C12H18ClNO3S2/c1-5-6-12(3,4)14-11(15)9-7-10(8(2)18-9)19(13,16)17/h7H,5-6H2,1-4H3,(H,14,15). The van der Waals surface area contributed by atoms with Crippen molar-refractivity contribution in [1.29, 1.82) is 0 Å². The SMILES string of the molecule is CCCC(C)(C)NC(=O)c1cc(S(=O)(=O)Cl)c(C)s1. The van der Waals surface area contributed by atoms with Gasteiger partial charge in [0.15, 0.2) is 0 Å². The Bertz CT molecular complexity index is 576. The molecule has 0 bridgehead atoms. The third kappa shape index (κ3) is 4.47. The van der Waals surface area contributed by atoms with Crippen molar-refractivity contribution < 1.29 is 13.2 Å². The number of nitrogens with one attached hydrogen (secondary N) is 1. The summed E-state index contributed by atoms with van der Waals surface area (Å²) in [5.41, 5.74) is -0.316. The molecule has 0 unspecified atom stereocenters. The van der Waals surface area contributed by atoms with E-state index in [1.807, 2.05) is 20.8 Å². The van der Waals surface area contributed by atoms with E-state index in [0.717, 1.165) is 24.2 Å². The lowest BCUT2D eigenvalue weighted by Crippen LogP contribution is -2.42. The van der Waals surface area contributed by atoms with Crippen molar-refractivity contribution in [3.05, 3.63) is 15.8 Å². The zero-order chi connectivity index (χ0) is 14.8. The Morgan fingerprint density at radius 3 is 2.47 bits per heavy atom. The molecule has 0 saturated heterocycles. The van der Waals surface area contributed by atoms with Crippen LogP contribution in [0.4, 0.5) is 0 Å². The maximum Gasteiger partial charge on any atom is 0.262 e. The maximum absolute atomic E-state index is 12.1. The normalized spacial score (nSPS) is 12.5. The van der Waals surface area contributed by atoms with Gasteiger partial charge < -0.3 is 5.32 Å². The van der Waals surface area contributed by atoms with Crippen LogP contribution in [0, 0.1) is 6.92 Å². The van der Waals surface area contributed by atoms with Gasteiger partial charge in [-0.2, -0.15) is 0 Å². The van der Waals surface area contributed by atoms with E-state index in [-0.39, 0.29) is 16.3 Å². The molecule has 19 heavy (non-hydrogen) atoms. The van der Waals surface area contributed by atoms with Crippen LogP contribution in [-0.4, -0.2) is 19.9 Å². The second kappa shape index (κ2) is 5.81. The molecule has 0 aliphatic heterocycles. The lowest BCUT2D eigenvalue weighted by atomic mass is 9.99. The summed E-state index contributed by atoms with van der Waals surface area (Å²) in [7, 11) is 1.51. The number of hydrogen-bond donors (Lipinski definition) is 1. The van der Waals surface area contributed by atoms with Gasteiger partial charge in [-0.3, -0.25) is 4.79 Å². The Hall–Kier alpha value is -0.590. The first-order valence-corrected chi connectivity index (χ1v) is 9.07. The van der Waals surface area contributed by atoms with Crippen molar-refractivity contribution in [2.24, 2.45) is 0 Å². The second-order valence-electron chi connectivity index (χ2n) is 5.06. The van der Waals surface area contributed by atoms with Crippen LogP contribution in [0.1, 0.15) is 48.2 Å². The van der Waals surface area contributed by atoms with Gasteiger partial charge in [0.25, 0.3) is 15.0 Å². The first-order chi connectivity index (χ1) is 8.57. The van der Waals surface area contributed by atoms with Crippen LogP contribution < -0.4 is 5.32 Å². The minimum absolute atomic E-state index is 0.0117. The van der Waals surface area contributed by atoms with Gasteiger partial charge in [0.05, 0.1) is 9.77 Å². The zero-order valence-corrected chi connectivity index (χ0v) is 13.8. The molecular formula is C12H18ClNO3S2. The highest BCUT2D eigenvalue weighted by atomic mass is 35.7. The quantitative estimate of drug-likeness (QED) is 0.846. The summed E-state index contributed by atoms with van der Waals surface area (Å²) < 4.78 is 22.6. The largest absolute Gasteiger partial charge is 0.346 e. The fraction of sp³-hybridized carbons (Fsp3) is 0.583. The molecule has 1 amide bonds. The van der Waals surface area contributed by atoms with Crippen molar-refractivity contribution in [3.8, 4) is 0 Å².